The number of aromatic nitrogens is 1. The average molecular weight is 456 g/mol. The first-order valence-corrected chi connectivity index (χ1v) is 11.0. The lowest BCUT2D eigenvalue weighted by Gasteiger charge is -2.11. The Labute approximate surface area is 176 Å². The van der Waals surface area contributed by atoms with Crippen molar-refractivity contribution in [3.63, 3.8) is 0 Å². The smallest absolute Gasteiger partial charge is 0.261 e. The van der Waals surface area contributed by atoms with E-state index in [0.29, 0.717) is 15.8 Å². The molecule has 6 nitrogen and oxygen atoms in total. The number of rotatable bonds is 5. The minimum Gasteiger partial charge on any atom is -0.298 e. The number of carbonyl (C=O) groups is 1. The van der Waals surface area contributed by atoms with Crippen LogP contribution in [0.1, 0.15) is 20.8 Å². The van der Waals surface area contributed by atoms with Gasteiger partial charge in [-0.2, -0.15) is 0 Å². The summed E-state index contributed by atoms with van der Waals surface area (Å²) in [6.45, 7) is 3.67. The van der Waals surface area contributed by atoms with Crippen molar-refractivity contribution in [1.82, 2.24) is 4.98 Å². The Kier molecular flexibility index (Phi) is 5.95. The standard InChI is InChI=1S/C18H15Cl2N3O3S2/c1-10-3-4-12(7-16(10)20)23-28(25,26)13-5-6-15(19)14(8-13)17(24)22-18-21-9-11(2)27-18/h3-9,23H,1-2H3,(H,21,22,24). The summed E-state index contributed by atoms with van der Waals surface area (Å²) in [5.74, 6) is -0.546. The van der Waals surface area contributed by atoms with Crippen LogP contribution in [-0.4, -0.2) is 19.3 Å². The lowest BCUT2D eigenvalue weighted by atomic mass is 10.2. The molecular weight excluding hydrogens is 441 g/mol. The van der Waals surface area contributed by atoms with E-state index in [1.807, 2.05) is 13.8 Å². The van der Waals surface area contributed by atoms with Crippen molar-refractivity contribution < 1.29 is 13.2 Å². The fourth-order valence-corrected chi connectivity index (χ4v) is 4.41. The van der Waals surface area contributed by atoms with Gasteiger partial charge in [-0.05, 0) is 49.7 Å². The second kappa shape index (κ2) is 8.08. The second-order valence-electron chi connectivity index (χ2n) is 5.94. The number of aryl methyl sites for hydroxylation is 2. The normalized spacial score (nSPS) is 11.3. The highest BCUT2D eigenvalue weighted by molar-refractivity contribution is 7.92. The fourth-order valence-electron chi connectivity index (χ4n) is 2.29. The largest absolute Gasteiger partial charge is 0.298 e. The molecule has 2 aromatic carbocycles. The van der Waals surface area contributed by atoms with Gasteiger partial charge in [-0.3, -0.25) is 14.8 Å². The summed E-state index contributed by atoms with van der Waals surface area (Å²) >= 11 is 13.4. The second-order valence-corrected chi connectivity index (χ2v) is 9.67. The molecule has 28 heavy (non-hydrogen) atoms. The first-order chi connectivity index (χ1) is 13.2. The Morgan fingerprint density at radius 3 is 2.46 bits per heavy atom. The number of carbonyl (C=O) groups excluding carboxylic acids is 1. The van der Waals surface area contributed by atoms with Crippen LogP contribution in [-0.2, 0) is 10.0 Å². The quantitative estimate of drug-likeness (QED) is 0.558. The number of amides is 1. The fraction of sp³-hybridized carbons (Fsp3) is 0.111. The molecule has 1 aromatic heterocycles. The third-order valence-electron chi connectivity index (χ3n) is 3.76. The molecule has 1 amide bonds. The van der Waals surface area contributed by atoms with Crippen molar-refractivity contribution in [3.05, 3.63) is 68.6 Å². The molecule has 0 aliphatic rings. The van der Waals surface area contributed by atoms with E-state index in [-0.39, 0.29) is 15.5 Å². The Morgan fingerprint density at radius 2 is 1.82 bits per heavy atom. The number of benzene rings is 2. The van der Waals surface area contributed by atoms with Crippen molar-refractivity contribution in [2.45, 2.75) is 18.7 Å². The molecular formula is C18H15Cl2N3O3S2. The van der Waals surface area contributed by atoms with Gasteiger partial charge in [0, 0.05) is 16.1 Å². The molecule has 3 rings (SSSR count). The van der Waals surface area contributed by atoms with Gasteiger partial charge >= 0.3 is 0 Å². The van der Waals surface area contributed by atoms with Crippen LogP contribution in [0.15, 0.2) is 47.5 Å². The highest BCUT2D eigenvalue weighted by Crippen LogP contribution is 2.26. The predicted octanol–water partition coefficient (Wildman–Crippen LogP) is 5.12. The summed E-state index contributed by atoms with van der Waals surface area (Å²) in [4.78, 5) is 17.4. The van der Waals surface area contributed by atoms with Crippen LogP contribution >= 0.6 is 34.5 Å². The molecule has 0 saturated carbocycles. The zero-order valence-corrected chi connectivity index (χ0v) is 17.9. The molecule has 0 atom stereocenters. The Bertz CT molecular complexity index is 1160. The lowest BCUT2D eigenvalue weighted by Crippen LogP contribution is -2.16. The van der Waals surface area contributed by atoms with Crippen molar-refractivity contribution in [3.8, 4) is 0 Å². The molecule has 0 aliphatic carbocycles. The van der Waals surface area contributed by atoms with E-state index in [0.717, 1.165) is 10.4 Å². The Morgan fingerprint density at radius 1 is 1.07 bits per heavy atom. The first kappa shape index (κ1) is 20.6. The van der Waals surface area contributed by atoms with Crippen molar-refractivity contribution in [2.24, 2.45) is 0 Å². The van der Waals surface area contributed by atoms with E-state index in [4.69, 9.17) is 23.2 Å². The number of halogens is 2. The minimum absolute atomic E-state index is 0.0272. The third kappa shape index (κ3) is 4.64. The van der Waals surface area contributed by atoms with E-state index < -0.39 is 15.9 Å². The van der Waals surface area contributed by atoms with Crippen molar-refractivity contribution >= 4 is 61.3 Å². The molecule has 3 aromatic rings. The van der Waals surface area contributed by atoms with E-state index in [1.54, 1.807) is 18.3 Å². The van der Waals surface area contributed by atoms with Crippen LogP contribution in [0.2, 0.25) is 10.0 Å². The monoisotopic (exact) mass is 455 g/mol. The summed E-state index contributed by atoms with van der Waals surface area (Å²) in [5.41, 5.74) is 1.17. The highest BCUT2D eigenvalue weighted by atomic mass is 35.5. The van der Waals surface area contributed by atoms with Gasteiger partial charge in [0.15, 0.2) is 5.13 Å². The van der Waals surface area contributed by atoms with Crippen LogP contribution < -0.4 is 10.0 Å². The number of thiazole rings is 1. The van der Waals surface area contributed by atoms with Gasteiger partial charge in [0.25, 0.3) is 15.9 Å². The topological polar surface area (TPSA) is 88.2 Å². The number of hydrogen-bond donors (Lipinski definition) is 2. The highest BCUT2D eigenvalue weighted by Gasteiger charge is 2.20. The number of sulfonamides is 1. The lowest BCUT2D eigenvalue weighted by molar-refractivity contribution is 0.102. The van der Waals surface area contributed by atoms with E-state index >= 15 is 0 Å². The van der Waals surface area contributed by atoms with Crippen molar-refractivity contribution in [2.75, 3.05) is 10.0 Å². The minimum atomic E-state index is -3.94. The van der Waals surface area contributed by atoms with E-state index in [9.17, 15) is 13.2 Å². The number of hydrogen-bond acceptors (Lipinski definition) is 5. The molecule has 0 saturated heterocycles. The zero-order valence-electron chi connectivity index (χ0n) is 14.8. The molecule has 0 unspecified atom stereocenters. The summed E-state index contributed by atoms with van der Waals surface area (Å²) in [5, 5.41) is 3.58. The molecule has 0 spiro atoms. The maximum absolute atomic E-state index is 12.7. The molecule has 0 aliphatic heterocycles. The van der Waals surface area contributed by atoms with Gasteiger partial charge < -0.3 is 0 Å². The van der Waals surface area contributed by atoms with Crippen LogP contribution in [0.3, 0.4) is 0 Å². The third-order valence-corrected chi connectivity index (χ3v) is 6.70. The summed E-state index contributed by atoms with van der Waals surface area (Å²) < 4.78 is 27.9. The number of nitrogens with one attached hydrogen (secondary N) is 2. The molecule has 0 fully saturated rings. The maximum atomic E-state index is 12.7. The molecule has 0 radical (unpaired) electrons. The van der Waals surface area contributed by atoms with Gasteiger partial charge in [0.1, 0.15) is 0 Å². The van der Waals surface area contributed by atoms with E-state index in [1.165, 1.54) is 35.6 Å². The van der Waals surface area contributed by atoms with E-state index in [2.05, 4.69) is 15.0 Å². The predicted molar refractivity (Wildman–Crippen MR) is 113 cm³/mol. The Hall–Kier alpha value is -2.13. The van der Waals surface area contributed by atoms with Crippen LogP contribution in [0.4, 0.5) is 10.8 Å². The number of nitrogens with zero attached hydrogens (tertiary/aromatic N) is 1. The van der Waals surface area contributed by atoms with Gasteiger partial charge in [0.2, 0.25) is 0 Å². The first-order valence-electron chi connectivity index (χ1n) is 7.98. The zero-order chi connectivity index (χ0) is 20.5. The summed E-state index contributed by atoms with van der Waals surface area (Å²) in [6, 6.07) is 8.73. The maximum Gasteiger partial charge on any atom is 0.261 e. The van der Waals surface area contributed by atoms with Crippen molar-refractivity contribution in [1.29, 1.82) is 0 Å². The Balaban J connectivity index is 1.88. The SMILES string of the molecule is Cc1cnc(NC(=O)c2cc(S(=O)(=O)Nc3ccc(C)c(Cl)c3)ccc2Cl)s1. The van der Waals surface area contributed by atoms with Gasteiger partial charge in [-0.1, -0.05) is 29.3 Å². The van der Waals surface area contributed by atoms with Gasteiger partial charge in [-0.15, -0.1) is 11.3 Å². The molecule has 0 bridgehead atoms. The summed E-state index contributed by atoms with van der Waals surface area (Å²) in [7, 11) is -3.94. The molecule has 10 heteroatoms. The van der Waals surface area contributed by atoms with Gasteiger partial charge in [-0.25, -0.2) is 13.4 Å². The van der Waals surface area contributed by atoms with Crippen LogP contribution in [0.5, 0.6) is 0 Å². The van der Waals surface area contributed by atoms with Crippen LogP contribution in [0.25, 0.3) is 0 Å². The van der Waals surface area contributed by atoms with Gasteiger partial charge in [0.05, 0.1) is 21.2 Å². The summed E-state index contributed by atoms with van der Waals surface area (Å²) in [6.07, 6.45) is 1.62. The number of anilines is 2. The molecule has 146 valence electrons. The van der Waals surface area contributed by atoms with Crippen LogP contribution in [0, 0.1) is 13.8 Å². The molecule has 1 heterocycles. The average Bonchev–Trinajstić information content (AvgIpc) is 3.02. The molecule has 2 N–H and O–H groups in total.